The molecule has 4 heteroatoms. The first kappa shape index (κ1) is 13.1. The van der Waals surface area contributed by atoms with Gasteiger partial charge in [-0.25, -0.2) is 4.68 Å². The molecular formula is C14H17ClN2O. The number of aliphatic hydroxyl groups is 1. The van der Waals surface area contributed by atoms with Crippen LogP contribution in [0, 0.1) is 0 Å². The number of rotatable bonds is 3. The van der Waals surface area contributed by atoms with Gasteiger partial charge < -0.3 is 5.11 Å². The molecule has 0 aliphatic rings. The molecule has 1 aromatic heterocycles. The van der Waals surface area contributed by atoms with Crippen LogP contribution in [0.1, 0.15) is 44.1 Å². The van der Waals surface area contributed by atoms with Crippen LogP contribution in [-0.2, 0) is 0 Å². The minimum atomic E-state index is -0.552. The zero-order valence-electron chi connectivity index (χ0n) is 10.8. The second-order valence-corrected chi connectivity index (χ2v) is 5.16. The van der Waals surface area contributed by atoms with E-state index < -0.39 is 6.10 Å². The van der Waals surface area contributed by atoms with E-state index in [0.717, 1.165) is 16.9 Å². The van der Waals surface area contributed by atoms with Gasteiger partial charge in [0.2, 0.25) is 0 Å². The predicted octanol–water partition coefficient (Wildman–Crippen LogP) is 3.70. The van der Waals surface area contributed by atoms with Crippen molar-refractivity contribution in [1.29, 1.82) is 0 Å². The van der Waals surface area contributed by atoms with E-state index in [1.165, 1.54) is 0 Å². The van der Waals surface area contributed by atoms with E-state index in [4.69, 9.17) is 11.6 Å². The molecule has 0 fully saturated rings. The van der Waals surface area contributed by atoms with Crippen LogP contribution in [0.25, 0.3) is 5.69 Å². The van der Waals surface area contributed by atoms with E-state index >= 15 is 0 Å². The van der Waals surface area contributed by atoms with Gasteiger partial charge in [-0.15, -0.1) is 0 Å². The van der Waals surface area contributed by atoms with E-state index in [0.29, 0.717) is 10.9 Å². The molecule has 96 valence electrons. The molecule has 0 saturated carbocycles. The normalized spacial score (nSPS) is 13.0. The zero-order chi connectivity index (χ0) is 13.3. The van der Waals surface area contributed by atoms with Gasteiger partial charge >= 0.3 is 0 Å². The second kappa shape index (κ2) is 5.12. The summed E-state index contributed by atoms with van der Waals surface area (Å²) in [6, 6.07) is 7.41. The summed E-state index contributed by atoms with van der Waals surface area (Å²) < 4.78 is 1.77. The molecule has 2 aromatic rings. The van der Waals surface area contributed by atoms with Gasteiger partial charge in [0.05, 0.1) is 17.5 Å². The van der Waals surface area contributed by atoms with Gasteiger partial charge in [-0.3, -0.25) is 0 Å². The first-order valence-electron chi connectivity index (χ1n) is 6.02. The third-order valence-electron chi connectivity index (χ3n) is 2.89. The molecule has 0 spiro atoms. The number of hydrogen-bond acceptors (Lipinski definition) is 2. The first-order valence-corrected chi connectivity index (χ1v) is 6.40. The maximum Gasteiger partial charge on any atom is 0.0782 e. The van der Waals surface area contributed by atoms with Gasteiger partial charge in [-0.2, -0.15) is 5.10 Å². The molecule has 1 atom stereocenters. The van der Waals surface area contributed by atoms with Gasteiger partial charge in [-0.05, 0) is 31.0 Å². The van der Waals surface area contributed by atoms with E-state index in [2.05, 4.69) is 18.9 Å². The number of aromatic nitrogens is 2. The summed E-state index contributed by atoms with van der Waals surface area (Å²) in [5.74, 6) is 0.375. The highest BCUT2D eigenvalue weighted by Gasteiger charge is 2.12. The Balaban J connectivity index is 2.51. The lowest BCUT2D eigenvalue weighted by Gasteiger charge is -2.12. The standard InChI is InChI=1S/C14H17ClN2O/c1-9(2)13-6-7-17(16-13)14-8-11(15)4-5-12(14)10(3)18/h4-10,18H,1-3H3/t10-/m0/s1. The van der Waals surface area contributed by atoms with E-state index in [-0.39, 0.29) is 0 Å². The minimum absolute atomic E-state index is 0.375. The number of nitrogens with zero attached hydrogens (tertiary/aromatic N) is 2. The van der Waals surface area contributed by atoms with Crippen molar-refractivity contribution < 1.29 is 5.11 Å². The lowest BCUT2D eigenvalue weighted by atomic mass is 10.1. The Morgan fingerprint density at radius 3 is 2.50 bits per heavy atom. The molecular weight excluding hydrogens is 248 g/mol. The highest BCUT2D eigenvalue weighted by Crippen LogP contribution is 2.25. The Morgan fingerprint density at radius 2 is 1.94 bits per heavy atom. The zero-order valence-corrected chi connectivity index (χ0v) is 11.5. The van der Waals surface area contributed by atoms with E-state index in [1.54, 1.807) is 17.7 Å². The average molecular weight is 265 g/mol. The first-order chi connectivity index (χ1) is 8.49. The number of halogens is 1. The van der Waals surface area contributed by atoms with Crippen molar-refractivity contribution >= 4 is 11.6 Å². The monoisotopic (exact) mass is 264 g/mol. The Hall–Kier alpha value is -1.32. The van der Waals surface area contributed by atoms with Crippen LogP contribution in [0.2, 0.25) is 5.02 Å². The SMILES string of the molecule is CC(C)c1ccn(-c2cc(Cl)ccc2[C@H](C)O)n1. The summed E-state index contributed by atoms with van der Waals surface area (Å²) in [5.41, 5.74) is 2.66. The highest BCUT2D eigenvalue weighted by atomic mass is 35.5. The maximum atomic E-state index is 9.79. The molecule has 0 amide bonds. The minimum Gasteiger partial charge on any atom is -0.389 e. The largest absolute Gasteiger partial charge is 0.389 e. The molecule has 1 heterocycles. The third-order valence-corrected chi connectivity index (χ3v) is 3.13. The van der Waals surface area contributed by atoms with Crippen molar-refractivity contribution in [2.45, 2.75) is 32.8 Å². The molecule has 0 saturated heterocycles. The molecule has 0 aliphatic heterocycles. The van der Waals surface area contributed by atoms with Crippen LogP contribution in [0.3, 0.4) is 0 Å². The Morgan fingerprint density at radius 1 is 1.22 bits per heavy atom. The van der Waals surface area contributed by atoms with Crippen LogP contribution < -0.4 is 0 Å². The Kier molecular flexibility index (Phi) is 3.73. The fraction of sp³-hybridized carbons (Fsp3) is 0.357. The number of aliphatic hydroxyl groups excluding tert-OH is 1. The van der Waals surface area contributed by atoms with E-state index in [1.807, 2.05) is 24.4 Å². The topological polar surface area (TPSA) is 38.0 Å². The number of benzene rings is 1. The van der Waals surface area contributed by atoms with Crippen molar-refractivity contribution in [2.75, 3.05) is 0 Å². The molecule has 1 aromatic carbocycles. The molecule has 0 aliphatic carbocycles. The second-order valence-electron chi connectivity index (χ2n) is 4.72. The van der Waals surface area contributed by atoms with Crippen molar-refractivity contribution in [3.63, 3.8) is 0 Å². The summed E-state index contributed by atoms with van der Waals surface area (Å²) in [6.07, 6.45) is 1.34. The van der Waals surface area contributed by atoms with Crippen molar-refractivity contribution in [3.8, 4) is 5.69 Å². The third kappa shape index (κ3) is 2.57. The summed E-state index contributed by atoms with van der Waals surface area (Å²) in [4.78, 5) is 0. The summed E-state index contributed by atoms with van der Waals surface area (Å²) in [7, 11) is 0. The lowest BCUT2D eigenvalue weighted by Crippen LogP contribution is -2.04. The van der Waals surface area contributed by atoms with Crippen LogP contribution in [0.4, 0.5) is 0 Å². The highest BCUT2D eigenvalue weighted by molar-refractivity contribution is 6.30. The smallest absolute Gasteiger partial charge is 0.0782 e. The van der Waals surface area contributed by atoms with Gasteiger partial charge in [0, 0.05) is 16.8 Å². The van der Waals surface area contributed by atoms with Crippen molar-refractivity contribution in [3.05, 3.63) is 46.7 Å². The lowest BCUT2D eigenvalue weighted by molar-refractivity contribution is 0.199. The van der Waals surface area contributed by atoms with Gasteiger partial charge in [0.15, 0.2) is 0 Å². The van der Waals surface area contributed by atoms with Crippen LogP contribution in [-0.4, -0.2) is 14.9 Å². The summed E-state index contributed by atoms with van der Waals surface area (Å²) >= 11 is 6.02. The molecule has 1 N–H and O–H groups in total. The Labute approximate surface area is 112 Å². The van der Waals surface area contributed by atoms with Crippen LogP contribution >= 0.6 is 11.6 Å². The molecule has 2 rings (SSSR count). The fourth-order valence-electron chi connectivity index (χ4n) is 1.85. The van der Waals surface area contributed by atoms with Gasteiger partial charge in [-0.1, -0.05) is 31.5 Å². The molecule has 18 heavy (non-hydrogen) atoms. The molecule has 0 radical (unpaired) electrons. The average Bonchev–Trinajstić information content (AvgIpc) is 2.77. The fourth-order valence-corrected chi connectivity index (χ4v) is 2.01. The molecule has 0 unspecified atom stereocenters. The van der Waals surface area contributed by atoms with Gasteiger partial charge in [0.1, 0.15) is 0 Å². The summed E-state index contributed by atoms with van der Waals surface area (Å²) in [6.45, 7) is 5.93. The maximum absolute atomic E-state index is 9.79. The molecule has 3 nitrogen and oxygen atoms in total. The molecule has 0 bridgehead atoms. The van der Waals surface area contributed by atoms with E-state index in [9.17, 15) is 5.11 Å². The van der Waals surface area contributed by atoms with Crippen LogP contribution in [0.5, 0.6) is 0 Å². The van der Waals surface area contributed by atoms with Gasteiger partial charge in [0.25, 0.3) is 0 Å². The van der Waals surface area contributed by atoms with Crippen LogP contribution in [0.15, 0.2) is 30.5 Å². The quantitative estimate of drug-likeness (QED) is 0.918. The number of hydrogen-bond donors (Lipinski definition) is 1. The Bertz CT molecular complexity index is 546. The van der Waals surface area contributed by atoms with Crippen molar-refractivity contribution in [2.24, 2.45) is 0 Å². The summed E-state index contributed by atoms with van der Waals surface area (Å²) in [5, 5.41) is 14.9. The predicted molar refractivity (Wildman–Crippen MR) is 73.3 cm³/mol. The van der Waals surface area contributed by atoms with Crippen molar-refractivity contribution in [1.82, 2.24) is 9.78 Å².